The van der Waals surface area contributed by atoms with Gasteiger partial charge in [-0.2, -0.15) is 0 Å². The van der Waals surface area contributed by atoms with Gasteiger partial charge in [-0.1, -0.05) is 48.5 Å². The van der Waals surface area contributed by atoms with Gasteiger partial charge in [0.15, 0.2) is 5.79 Å². The van der Waals surface area contributed by atoms with E-state index >= 15 is 0 Å². The number of unbranched alkanes of at least 4 members (excludes halogenated alkanes) is 1. The summed E-state index contributed by atoms with van der Waals surface area (Å²) in [6, 6.07) is 25.1. The lowest BCUT2D eigenvalue weighted by molar-refractivity contribution is -0.166. The molecule has 13 heteroatoms. The summed E-state index contributed by atoms with van der Waals surface area (Å²) in [5.74, 6) is -3.95. The molecule has 53 heavy (non-hydrogen) atoms. The second kappa shape index (κ2) is 14.7. The second-order valence-electron chi connectivity index (χ2n) is 13.9. The molecule has 4 amide bonds. The molecule has 0 spiro atoms. The fraction of sp³-hybridized carbons (Fsp3) is 0.300. The van der Waals surface area contributed by atoms with E-state index in [4.69, 9.17) is 14.7 Å². The molecule has 3 aromatic carbocycles. The van der Waals surface area contributed by atoms with E-state index < -0.39 is 41.1 Å². The molecule has 2 aliphatic heterocycles. The third kappa shape index (κ3) is 7.45. The zero-order chi connectivity index (χ0) is 37.2. The van der Waals surface area contributed by atoms with Crippen molar-refractivity contribution >= 4 is 62.5 Å². The minimum atomic E-state index is -1.29. The molecule has 2 aromatic heterocycles. The highest BCUT2D eigenvalue weighted by Crippen LogP contribution is 2.46. The van der Waals surface area contributed by atoms with Crippen LogP contribution in [-0.4, -0.2) is 62.8 Å². The molecule has 2 atom stereocenters. The highest BCUT2D eigenvalue weighted by Gasteiger charge is 2.57. The molecule has 7 rings (SSSR count). The summed E-state index contributed by atoms with van der Waals surface area (Å²) in [5.41, 5.74) is 3.89. The molecular weight excluding hydrogens is 676 g/mol. The van der Waals surface area contributed by atoms with Crippen molar-refractivity contribution in [3.63, 3.8) is 0 Å². The van der Waals surface area contributed by atoms with Crippen LogP contribution in [0.5, 0.6) is 0 Å². The fourth-order valence-corrected chi connectivity index (χ4v) is 7.41. The lowest BCUT2D eigenvalue weighted by Crippen LogP contribution is -2.56. The van der Waals surface area contributed by atoms with Crippen molar-refractivity contribution in [3.8, 4) is 0 Å². The quantitative estimate of drug-likeness (QED) is 0.0568. The normalized spacial score (nSPS) is 19.3. The molecule has 1 unspecified atom stereocenters. The number of nitrogens with one attached hydrogen (secondary N) is 3. The van der Waals surface area contributed by atoms with Gasteiger partial charge in [0.1, 0.15) is 17.6 Å². The van der Waals surface area contributed by atoms with E-state index in [0.717, 1.165) is 10.8 Å². The molecule has 0 aliphatic carbocycles. The van der Waals surface area contributed by atoms with Crippen LogP contribution in [0.1, 0.15) is 57.4 Å². The van der Waals surface area contributed by atoms with Crippen molar-refractivity contribution in [1.82, 2.24) is 15.4 Å². The van der Waals surface area contributed by atoms with Crippen LogP contribution < -0.4 is 21.0 Å². The summed E-state index contributed by atoms with van der Waals surface area (Å²) < 4.78 is 12.7. The number of pyridine rings is 2. The first-order valence-corrected chi connectivity index (χ1v) is 17.6. The van der Waals surface area contributed by atoms with Gasteiger partial charge in [0.25, 0.3) is 0 Å². The van der Waals surface area contributed by atoms with E-state index in [1.54, 1.807) is 59.2 Å². The molecule has 0 bridgehead atoms. The van der Waals surface area contributed by atoms with Crippen molar-refractivity contribution in [1.29, 1.82) is 0 Å². The molecule has 4 heterocycles. The lowest BCUT2D eigenvalue weighted by atomic mass is 9.83. The number of aromatic nitrogens is 2. The molecule has 5 aromatic rings. The molecule has 2 fully saturated rings. The van der Waals surface area contributed by atoms with Crippen LogP contribution in [-0.2, 0) is 28.7 Å². The monoisotopic (exact) mass is 716 g/mol. The topological polar surface area (TPSA) is 172 Å². The number of hydroxylamine groups is 1. The maximum Gasteiger partial charge on any atom is 0.243 e. The number of fused-ring (bicyclic) bond motifs is 3. The van der Waals surface area contributed by atoms with Crippen molar-refractivity contribution in [3.05, 3.63) is 103 Å². The van der Waals surface area contributed by atoms with Crippen LogP contribution in [0, 0.1) is 0 Å². The van der Waals surface area contributed by atoms with Gasteiger partial charge in [-0.05, 0) is 75.1 Å². The van der Waals surface area contributed by atoms with Gasteiger partial charge >= 0.3 is 0 Å². The number of para-hydroxylation sites is 2. The number of carbonyl (C=O) groups excluding carboxylic acids is 4. The predicted molar refractivity (Wildman–Crippen MR) is 198 cm³/mol. The SMILES string of the molecule is CC1(C)O[C@@H]2CN(c3ccc(C(C(=O)Nc4cccc5cccnc45)C(=O)Nc4cccc5cccnc45)cc3)C(=O)CC2(CCCCC(=O)NO)O1. The first kappa shape index (κ1) is 35.6. The molecule has 0 saturated carbocycles. The van der Waals surface area contributed by atoms with Crippen LogP contribution in [0.15, 0.2) is 97.3 Å². The Kier molecular flexibility index (Phi) is 9.88. The zero-order valence-corrected chi connectivity index (χ0v) is 29.4. The number of rotatable bonds is 11. The Bertz CT molecular complexity index is 2090. The van der Waals surface area contributed by atoms with Crippen LogP contribution in [0.4, 0.5) is 17.1 Å². The highest BCUT2D eigenvalue weighted by molar-refractivity contribution is 6.17. The van der Waals surface area contributed by atoms with E-state index in [2.05, 4.69) is 20.6 Å². The average Bonchev–Trinajstić information content (AvgIpc) is 3.42. The summed E-state index contributed by atoms with van der Waals surface area (Å²) in [7, 11) is 0. The molecular formula is C40H40N6O7. The van der Waals surface area contributed by atoms with Crippen molar-refractivity contribution < 1.29 is 33.9 Å². The van der Waals surface area contributed by atoms with Gasteiger partial charge in [-0.3, -0.25) is 34.4 Å². The van der Waals surface area contributed by atoms with E-state index in [1.807, 2.05) is 62.4 Å². The van der Waals surface area contributed by atoms with Gasteiger partial charge in [0, 0.05) is 35.3 Å². The standard InChI is InChI=1S/C40H40N6O7/c1-39(2)52-31-24-46(33(48)23-40(31,53-39)20-4-3-15-32(47)45-51)28-18-16-25(17-19-28)34(37(49)43-29-13-5-9-26-11-7-21-41-35(26)29)38(50)44-30-14-6-10-27-12-8-22-42-36(27)30/h5-14,16-19,21-22,31,34,51H,3-4,15,20,23-24H2,1-2H3,(H,43,49)(H,44,50)(H,45,47)/t31-,40?/m1/s1. The maximum atomic E-state index is 14.1. The summed E-state index contributed by atoms with van der Waals surface area (Å²) in [5, 5.41) is 16.4. The average molecular weight is 717 g/mol. The number of hydrogen-bond acceptors (Lipinski definition) is 9. The first-order chi connectivity index (χ1) is 25.6. The van der Waals surface area contributed by atoms with E-state index in [0.29, 0.717) is 52.9 Å². The van der Waals surface area contributed by atoms with Crippen LogP contribution >= 0.6 is 0 Å². The molecule has 0 radical (unpaired) electrons. The largest absolute Gasteiger partial charge is 0.342 e. The Morgan fingerprint density at radius 1 is 0.849 bits per heavy atom. The van der Waals surface area contributed by atoms with Crippen molar-refractivity contribution in [2.75, 3.05) is 22.1 Å². The van der Waals surface area contributed by atoms with Crippen molar-refractivity contribution in [2.24, 2.45) is 0 Å². The van der Waals surface area contributed by atoms with Gasteiger partial charge in [0.2, 0.25) is 23.6 Å². The molecule has 13 nitrogen and oxygen atoms in total. The predicted octanol–water partition coefficient (Wildman–Crippen LogP) is 5.84. The van der Waals surface area contributed by atoms with E-state index in [1.165, 1.54) is 0 Å². The van der Waals surface area contributed by atoms with Gasteiger partial charge in [-0.25, -0.2) is 5.48 Å². The third-order valence-electron chi connectivity index (χ3n) is 9.78. The summed E-state index contributed by atoms with van der Waals surface area (Å²) in [6.45, 7) is 3.86. The molecule has 2 saturated heterocycles. The van der Waals surface area contributed by atoms with Crippen molar-refractivity contribution in [2.45, 2.75) is 69.4 Å². The first-order valence-electron chi connectivity index (χ1n) is 17.6. The number of ether oxygens (including phenoxy) is 2. The smallest absolute Gasteiger partial charge is 0.243 e. The summed E-state index contributed by atoms with van der Waals surface area (Å²) >= 11 is 0. The van der Waals surface area contributed by atoms with Gasteiger partial charge in [-0.15, -0.1) is 0 Å². The number of anilines is 3. The van der Waals surface area contributed by atoms with Gasteiger partial charge < -0.3 is 25.0 Å². The van der Waals surface area contributed by atoms with Gasteiger partial charge in [0.05, 0.1) is 35.4 Å². The fourth-order valence-electron chi connectivity index (χ4n) is 7.41. The number of nitrogens with zero attached hydrogens (tertiary/aromatic N) is 3. The molecule has 2 aliphatic rings. The summed E-state index contributed by atoms with van der Waals surface area (Å²) in [4.78, 5) is 64.1. The molecule has 272 valence electrons. The summed E-state index contributed by atoms with van der Waals surface area (Å²) in [6.07, 6.45) is 4.69. The second-order valence-corrected chi connectivity index (χ2v) is 13.9. The Hall–Kier alpha value is -5.76. The van der Waals surface area contributed by atoms with E-state index in [9.17, 15) is 19.2 Å². The van der Waals surface area contributed by atoms with Crippen LogP contribution in [0.3, 0.4) is 0 Å². The minimum absolute atomic E-state index is 0.0701. The van der Waals surface area contributed by atoms with E-state index in [-0.39, 0.29) is 25.3 Å². The lowest BCUT2D eigenvalue weighted by Gasteiger charge is -2.41. The minimum Gasteiger partial charge on any atom is -0.342 e. The van der Waals surface area contributed by atoms with Crippen LogP contribution in [0.2, 0.25) is 0 Å². The number of hydrogen-bond donors (Lipinski definition) is 4. The Morgan fingerprint density at radius 3 is 2.02 bits per heavy atom. The third-order valence-corrected chi connectivity index (χ3v) is 9.78. The number of amides is 4. The highest BCUT2D eigenvalue weighted by atomic mass is 16.8. The number of piperidine rings is 1. The zero-order valence-electron chi connectivity index (χ0n) is 29.4. The Labute approximate surface area is 305 Å². The molecule has 4 N–H and O–H groups in total. The maximum absolute atomic E-state index is 14.1. The number of benzene rings is 3. The van der Waals surface area contributed by atoms with Crippen LogP contribution in [0.25, 0.3) is 21.8 Å². The number of carbonyl (C=O) groups is 4. The Balaban J connectivity index is 1.15. The Morgan fingerprint density at radius 2 is 1.43 bits per heavy atom.